The Morgan fingerprint density at radius 1 is 1.34 bits per heavy atom. The van der Waals surface area contributed by atoms with Crippen molar-refractivity contribution < 1.29 is 41.7 Å². The number of likely N-dealkylation sites (tertiary alicyclic amines) is 1. The van der Waals surface area contributed by atoms with Gasteiger partial charge in [0.1, 0.15) is 23.6 Å². The van der Waals surface area contributed by atoms with Crippen LogP contribution in [-0.2, 0) is 0 Å². The van der Waals surface area contributed by atoms with E-state index in [1.807, 2.05) is 0 Å². The van der Waals surface area contributed by atoms with Crippen molar-refractivity contribution in [1.29, 1.82) is 0 Å². The van der Waals surface area contributed by atoms with E-state index in [4.69, 9.17) is 4.74 Å². The highest BCUT2D eigenvalue weighted by molar-refractivity contribution is 5.62. The summed E-state index contributed by atoms with van der Waals surface area (Å²) in [6.45, 7) is -1.03. The number of aromatic nitrogens is 1. The van der Waals surface area contributed by atoms with Gasteiger partial charge in [-0.2, -0.15) is 13.2 Å². The molecule has 3 rings (SSSR count). The number of rotatable bonds is 5. The zero-order chi connectivity index (χ0) is 21.4. The number of aliphatic hydroxyl groups is 1. The summed E-state index contributed by atoms with van der Waals surface area (Å²) < 4.78 is 71.5. The number of alkyl halides is 5. The molecule has 2 unspecified atom stereocenters. The largest absolute Gasteiger partial charge is 0.530 e. The lowest BCUT2D eigenvalue weighted by Gasteiger charge is -2.60. The van der Waals surface area contributed by atoms with Gasteiger partial charge in [0.05, 0.1) is 18.7 Å². The fraction of sp³-hybridized carbons (Fsp3) is 0.667. The van der Waals surface area contributed by atoms with Gasteiger partial charge >= 0.3 is 6.18 Å². The van der Waals surface area contributed by atoms with Crippen molar-refractivity contribution >= 4 is 6.09 Å². The number of hydrogen-bond donors (Lipinski definition) is 1. The van der Waals surface area contributed by atoms with Gasteiger partial charge in [0.25, 0.3) is 6.43 Å². The third-order valence-corrected chi connectivity index (χ3v) is 6.05. The van der Waals surface area contributed by atoms with Crippen LogP contribution in [-0.4, -0.2) is 53.1 Å². The molecule has 29 heavy (non-hydrogen) atoms. The number of ether oxygens (including phenoxy) is 1. The molecule has 11 heteroatoms. The first kappa shape index (κ1) is 21.5. The molecule has 1 saturated carbocycles. The van der Waals surface area contributed by atoms with Crippen molar-refractivity contribution in [3.8, 4) is 5.75 Å². The molecule has 1 aromatic heterocycles. The Morgan fingerprint density at radius 3 is 2.45 bits per heavy atom. The number of carbonyl (C=O) groups is 1. The van der Waals surface area contributed by atoms with Crippen LogP contribution >= 0.6 is 0 Å². The fourth-order valence-corrected chi connectivity index (χ4v) is 4.56. The lowest BCUT2D eigenvalue weighted by molar-refractivity contribution is -0.276. The maximum absolute atomic E-state index is 13.6. The molecule has 0 aromatic carbocycles. The lowest BCUT2D eigenvalue weighted by atomic mass is 9.50. The fourth-order valence-electron chi connectivity index (χ4n) is 4.56. The lowest BCUT2D eigenvalue weighted by Crippen LogP contribution is -2.64. The number of piperidine rings is 1. The molecule has 1 spiro atoms. The topological polar surface area (TPSA) is 85.7 Å². The molecule has 1 aliphatic carbocycles. The van der Waals surface area contributed by atoms with Gasteiger partial charge < -0.3 is 24.6 Å². The first-order chi connectivity index (χ1) is 13.6. The molecule has 3 atom stereocenters. The molecular weight excluding hydrogens is 403 g/mol. The van der Waals surface area contributed by atoms with Gasteiger partial charge in [0, 0.05) is 19.0 Å². The molecular formula is C18H20F5N2O4-. The molecule has 1 N–H and O–H groups in total. The van der Waals surface area contributed by atoms with E-state index in [0.29, 0.717) is 0 Å². The van der Waals surface area contributed by atoms with Crippen LogP contribution in [0.3, 0.4) is 0 Å². The summed E-state index contributed by atoms with van der Waals surface area (Å²) in [6, 6.07) is 2.26. The zero-order valence-corrected chi connectivity index (χ0v) is 15.2. The zero-order valence-electron chi connectivity index (χ0n) is 15.2. The summed E-state index contributed by atoms with van der Waals surface area (Å²) in [5, 5.41) is 20.4. The maximum Gasteiger partial charge on any atom is 0.394 e. The molecule has 1 aliphatic heterocycles. The minimum absolute atomic E-state index is 0.0478. The predicted molar refractivity (Wildman–Crippen MR) is 87.0 cm³/mol. The molecule has 162 valence electrons. The van der Waals surface area contributed by atoms with Gasteiger partial charge in [-0.3, -0.25) is 4.98 Å². The summed E-state index contributed by atoms with van der Waals surface area (Å²) in [6.07, 6.45) is -8.06. The van der Waals surface area contributed by atoms with Crippen LogP contribution in [0, 0.1) is 17.3 Å². The Hall–Kier alpha value is -2.17. The molecule has 1 amide bonds. The van der Waals surface area contributed by atoms with Crippen LogP contribution in [0.15, 0.2) is 18.3 Å². The van der Waals surface area contributed by atoms with Crippen LogP contribution in [0.4, 0.5) is 26.7 Å². The van der Waals surface area contributed by atoms with Gasteiger partial charge in [0.2, 0.25) is 0 Å². The van der Waals surface area contributed by atoms with E-state index in [0.717, 1.165) is 17.2 Å². The van der Waals surface area contributed by atoms with E-state index in [-0.39, 0.29) is 38.1 Å². The third-order valence-electron chi connectivity index (χ3n) is 6.05. The minimum Gasteiger partial charge on any atom is -0.530 e. The number of carbonyl (C=O) groups excluding carboxylic acids is 1. The summed E-state index contributed by atoms with van der Waals surface area (Å²) in [7, 11) is 0. The maximum atomic E-state index is 13.6. The number of nitrogens with zero attached hydrogens (tertiary/aromatic N) is 2. The molecule has 2 fully saturated rings. The van der Waals surface area contributed by atoms with Crippen molar-refractivity contribution in [3.63, 3.8) is 0 Å². The predicted octanol–water partition coefficient (Wildman–Crippen LogP) is 2.38. The summed E-state index contributed by atoms with van der Waals surface area (Å²) >= 11 is 0. The first-order valence-electron chi connectivity index (χ1n) is 9.11. The Morgan fingerprint density at radius 2 is 2.00 bits per heavy atom. The molecule has 1 saturated heterocycles. The van der Waals surface area contributed by atoms with Crippen molar-refractivity contribution in [2.24, 2.45) is 17.3 Å². The number of pyridine rings is 1. The van der Waals surface area contributed by atoms with E-state index in [1.54, 1.807) is 0 Å². The molecule has 0 radical (unpaired) electrons. The highest BCUT2D eigenvalue weighted by Gasteiger charge is 2.63. The molecule has 0 bridgehead atoms. The molecule has 1 aromatic rings. The van der Waals surface area contributed by atoms with Crippen molar-refractivity contribution in [2.45, 2.75) is 38.0 Å². The van der Waals surface area contributed by atoms with E-state index in [9.17, 15) is 37.0 Å². The van der Waals surface area contributed by atoms with Crippen molar-refractivity contribution in [2.75, 3.05) is 19.7 Å². The number of aliphatic hydroxyl groups excluding tert-OH is 1. The summed E-state index contributed by atoms with van der Waals surface area (Å²) in [5.74, 6) is -3.07. The van der Waals surface area contributed by atoms with Gasteiger partial charge in [-0.1, -0.05) is 0 Å². The highest BCUT2D eigenvalue weighted by atomic mass is 19.4. The van der Waals surface area contributed by atoms with Crippen LogP contribution in [0.2, 0.25) is 0 Å². The van der Waals surface area contributed by atoms with E-state index < -0.39 is 54.4 Å². The molecule has 2 heterocycles. The smallest absolute Gasteiger partial charge is 0.394 e. The van der Waals surface area contributed by atoms with Crippen molar-refractivity contribution in [1.82, 2.24) is 9.88 Å². The van der Waals surface area contributed by atoms with Gasteiger partial charge in [-0.25, -0.2) is 8.78 Å². The second-order valence-electron chi connectivity index (χ2n) is 7.55. The van der Waals surface area contributed by atoms with Crippen LogP contribution < -0.4 is 9.84 Å². The quantitative estimate of drug-likeness (QED) is 0.735. The second-order valence-corrected chi connectivity index (χ2v) is 7.55. The molecule has 2 aliphatic rings. The summed E-state index contributed by atoms with van der Waals surface area (Å²) in [5.41, 5.74) is -1.30. The SMILES string of the molecule is O=C([O-])N1CCC2(CC1)C[C@@H](Oc1ccc(C(F)F)nc1)C2C(CO)C(F)(F)F. The highest BCUT2D eigenvalue weighted by Crippen LogP contribution is 2.60. The van der Waals surface area contributed by atoms with E-state index >= 15 is 0 Å². The van der Waals surface area contributed by atoms with E-state index in [2.05, 4.69) is 4.98 Å². The average molecular weight is 423 g/mol. The van der Waals surface area contributed by atoms with Crippen LogP contribution in [0.1, 0.15) is 31.4 Å². The Kier molecular flexibility index (Phi) is 5.88. The van der Waals surface area contributed by atoms with Gasteiger partial charge in [-0.15, -0.1) is 0 Å². The average Bonchev–Trinajstić information content (AvgIpc) is 2.65. The van der Waals surface area contributed by atoms with Gasteiger partial charge in [0.15, 0.2) is 0 Å². The minimum atomic E-state index is -4.67. The Labute approximate surface area is 163 Å². The van der Waals surface area contributed by atoms with Crippen molar-refractivity contribution in [3.05, 3.63) is 24.0 Å². The van der Waals surface area contributed by atoms with Crippen LogP contribution in [0.25, 0.3) is 0 Å². The monoisotopic (exact) mass is 423 g/mol. The summed E-state index contributed by atoms with van der Waals surface area (Å²) in [4.78, 5) is 15.6. The molecule has 6 nitrogen and oxygen atoms in total. The number of amides is 1. The number of carboxylic acid groups (broad SMARTS) is 1. The number of hydrogen-bond acceptors (Lipinski definition) is 5. The Bertz CT molecular complexity index is 720. The number of halogens is 5. The Balaban J connectivity index is 1.79. The third kappa shape index (κ3) is 4.24. The standard InChI is InChI=1S/C18H21F5N2O4/c19-15(20)12-2-1-10(8-24-12)29-13-7-17(3-5-25(6-4-17)16(27)28)14(13)11(9-26)18(21,22)23/h1-2,8,11,13-15,26H,3-7,9H2,(H,27,28)/p-1/t11?,13-,14?/m1/s1. The normalized spacial score (nSPS) is 25.0. The first-order valence-corrected chi connectivity index (χ1v) is 9.11. The van der Waals surface area contributed by atoms with Crippen LogP contribution in [0.5, 0.6) is 5.75 Å². The van der Waals surface area contributed by atoms with Gasteiger partial charge in [-0.05, 0) is 36.8 Å². The second kappa shape index (κ2) is 7.92. The van der Waals surface area contributed by atoms with E-state index in [1.165, 1.54) is 6.07 Å².